The molecule has 0 bridgehead atoms. The summed E-state index contributed by atoms with van der Waals surface area (Å²) in [6.07, 6.45) is 3.20. The van der Waals surface area contributed by atoms with Crippen LogP contribution in [0.2, 0.25) is 0 Å². The van der Waals surface area contributed by atoms with Crippen LogP contribution in [-0.4, -0.2) is 31.0 Å². The molecule has 5 nitrogen and oxygen atoms in total. The fourth-order valence-corrected chi connectivity index (χ4v) is 5.32. The Hall–Kier alpha value is -1.09. The van der Waals surface area contributed by atoms with E-state index in [1.807, 2.05) is 6.07 Å². The normalized spacial score (nSPS) is 23.1. The van der Waals surface area contributed by atoms with Gasteiger partial charge in [0.1, 0.15) is 0 Å². The lowest BCUT2D eigenvalue weighted by Crippen LogP contribution is -2.26. The number of rotatable bonds is 7. The van der Waals surface area contributed by atoms with E-state index in [1.165, 1.54) is 0 Å². The van der Waals surface area contributed by atoms with Crippen LogP contribution in [0.3, 0.4) is 0 Å². The zero-order valence-electron chi connectivity index (χ0n) is 10.2. The molecule has 0 amide bonds. The molecule has 0 aliphatic heterocycles. The molecule has 2 saturated carbocycles. The van der Waals surface area contributed by atoms with Gasteiger partial charge in [-0.1, -0.05) is 0 Å². The average Bonchev–Trinajstić information content (AvgIpc) is 3.06. The Morgan fingerprint density at radius 1 is 1.17 bits per heavy atom. The third-order valence-corrected chi connectivity index (χ3v) is 6.05. The van der Waals surface area contributed by atoms with E-state index in [9.17, 15) is 13.2 Å². The summed E-state index contributed by atoms with van der Waals surface area (Å²) in [5, 5.41) is 17.5. The zero-order valence-corrected chi connectivity index (χ0v) is 11.0. The van der Waals surface area contributed by atoms with Crippen LogP contribution in [0, 0.1) is 22.2 Å². The van der Waals surface area contributed by atoms with Crippen LogP contribution in [0.5, 0.6) is 0 Å². The molecule has 100 valence electrons. The summed E-state index contributed by atoms with van der Waals surface area (Å²) in [7, 11) is -3.25. The lowest BCUT2D eigenvalue weighted by molar-refractivity contribution is -0.138. The maximum Gasteiger partial charge on any atom is 0.303 e. The van der Waals surface area contributed by atoms with Crippen LogP contribution in [0.1, 0.15) is 38.5 Å². The molecule has 0 aromatic rings. The van der Waals surface area contributed by atoms with Gasteiger partial charge in [0, 0.05) is 6.42 Å². The first-order valence-electron chi connectivity index (χ1n) is 6.10. The molecule has 6 heteroatoms. The summed E-state index contributed by atoms with van der Waals surface area (Å²) >= 11 is 0. The maximum absolute atomic E-state index is 12.1. The Morgan fingerprint density at radius 2 is 1.67 bits per heavy atom. The number of hydrogen-bond donors (Lipinski definition) is 1. The van der Waals surface area contributed by atoms with Gasteiger partial charge in [-0.15, -0.1) is 0 Å². The molecular formula is C12H17NO4S. The molecule has 2 aliphatic carbocycles. The van der Waals surface area contributed by atoms with Crippen LogP contribution >= 0.6 is 0 Å². The smallest absolute Gasteiger partial charge is 0.303 e. The summed E-state index contributed by atoms with van der Waals surface area (Å²) in [6.45, 7) is 0. The van der Waals surface area contributed by atoms with Gasteiger partial charge in [-0.25, -0.2) is 8.42 Å². The van der Waals surface area contributed by atoms with Gasteiger partial charge in [0.25, 0.3) is 0 Å². The number of carbonyl (C=O) groups is 1. The van der Waals surface area contributed by atoms with Gasteiger partial charge in [-0.2, -0.15) is 5.26 Å². The van der Waals surface area contributed by atoms with E-state index in [4.69, 9.17) is 10.4 Å². The van der Waals surface area contributed by atoms with Gasteiger partial charge < -0.3 is 5.11 Å². The van der Waals surface area contributed by atoms with Crippen molar-refractivity contribution in [3.05, 3.63) is 0 Å². The molecule has 0 heterocycles. The molecule has 0 unspecified atom stereocenters. The third-order valence-electron chi connectivity index (χ3n) is 3.95. The summed E-state index contributed by atoms with van der Waals surface area (Å²) in [4.78, 5) is 10.7. The van der Waals surface area contributed by atoms with Crippen molar-refractivity contribution >= 4 is 15.8 Å². The van der Waals surface area contributed by atoms with Crippen LogP contribution in [0.4, 0.5) is 0 Å². The van der Waals surface area contributed by atoms with E-state index >= 15 is 0 Å². The van der Waals surface area contributed by atoms with Gasteiger partial charge in [-0.3, -0.25) is 4.79 Å². The van der Waals surface area contributed by atoms with Crippen molar-refractivity contribution in [1.29, 1.82) is 5.26 Å². The SMILES string of the molecule is N#CCC1(CS(=O)(=O)CC2(CC(=O)O)CC2)CC1. The number of nitriles is 1. The van der Waals surface area contributed by atoms with E-state index < -0.39 is 21.2 Å². The molecule has 2 aliphatic rings. The first-order chi connectivity index (χ1) is 8.31. The summed E-state index contributed by atoms with van der Waals surface area (Å²) in [5.74, 6) is -0.908. The standard InChI is InChI=1S/C12H17NO4S/c13-6-5-11(1-2-11)8-18(16,17)9-12(3-4-12)7-10(14)15/h1-5,7-9H2,(H,14,15). The highest BCUT2D eigenvalue weighted by Crippen LogP contribution is 2.53. The number of carboxylic acid groups (broad SMARTS) is 1. The van der Waals surface area contributed by atoms with Crippen LogP contribution in [-0.2, 0) is 14.6 Å². The first kappa shape index (κ1) is 13.3. The van der Waals surface area contributed by atoms with Crippen molar-refractivity contribution in [2.75, 3.05) is 11.5 Å². The average molecular weight is 271 g/mol. The quantitative estimate of drug-likeness (QED) is 0.754. The molecule has 0 aromatic heterocycles. The third kappa shape index (κ3) is 3.22. The number of nitrogens with zero attached hydrogens (tertiary/aromatic N) is 1. The Morgan fingerprint density at radius 3 is 2.06 bits per heavy atom. The van der Waals surface area contributed by atoms with E-state index in [0.29, 0.717) is 12.8 Å². The molecule has 18 heavy (non-hydrogen) atoms. The largest absolute Gasteiger partial charge is 0.481 e. The number of hydrogen-bond acceptors (Lipinski definition) is 4. The lowest BCUT2D eigenvalue weighted by atomic mass is 10.1. The number of carboxylic acids is 1. The van der Waals surface area contributed by atoms with Gasteiger partial charge in [0.2, 0.25) is 0 Å². The monoisotopic (exact) mass is 271 g/mol. The Bertz CT molecular complexity index is 495. The van der Waals surface area contributed by atoms with Crippen LogP contribution in [0.25, 0.3) is 0 Å². The molecule has 0 saturated heterocycles. The predicted octanol–water partition coefficient (Wildman–Crippen LogP) is 1.35. The molecule has 0 spiro atoms. The van der Waals surface area contributed by atoms with Crippen molar-refractivity contribution in [1.82, 2.24) is 0 Å². The summed E-state index contributed by atoms with van der Waals surface area (Å²) < 4.78 is 24.2. The van der Waals surface area contributed by atoms with Crippen LogP contribution < -0.4 is 0 Å². The van der Waals surface area contributed by atoms with Gasteiger partial charge in [-0.05, 0) is 36.5 Å². The highest BCUT2D eigenvalue weighted by atomic mass is 32.2. The first-order valence-corrected chi connectivity index (χ1v) is 7.92. The highest BCUT2D eigenvalue weighted by molar-refractivity contribution is 7.91. The topological polar surface area (TPSA) is 95.2 Å². The van der Waals surface area contributed by atoms with E-state index in [1.54, 1.807) is 0 Å². The highest BCUT2D eigenvalue weighted by Gasteiger charge is 2.51. The fraction of sp³-hybridized carbons (Fsp3) is 0.833. The van der Waals surface area contributed by atoms with E-state index in [2.05, 4.69) is 0 Å². The molecule has 0 aromatic carbocycles. The molecular weight excluding hydrogens is 254 g/mol. The van der Waals surface area contributed by atoms with Gasteiger partial charge in [0.05, 0.1) is 24.0 Å². The minimum absolute atomic E-state index is 0.0283. The predicted molar refractivity (Wildman–Crippen MR) is 64.5 cm³/mol. The second-order valence-electron chi connectivity index (χ2n) is 5.94. The molecule has 0 radical (unpaired) electrons. The van der Waals surface area contributed by atoms with Crippen molar-refractivity contribution in [2.45, 2.75) is 38.5 Å². The minimum atomic E-state index is -3.25. The second kappa shape index (κ2) is 4.23. The molecule has 1 N–H and O–H groups in total. The minimum Gasteiger partial charge on any atom is -0.481 e. The number of aliphatic carboxylic acids is 1. The second-order valence-corrected chi connectivity index (χ2v) is 8.00. The lowest BCUT2D eigenvalue weighted by Gasteiger charge is -2.16. The Labute approximate surface area is 107 Å². The summed E-state index contributed by atoms with van der Waals surface area (Å²) in [5.41, 5.74) is -0.847. The molecule has 2 rings (SSSR count). The fourth-order valence-electron chi connectivity index (χ4n) is 2.57. The number of sulfone groups is 1. The Balaban J connectivity index is 1.96. The van der Waals surface area contributed by atoms with Crippen molar-refractivity contribution in [3.63, 3.8) is 0 Å². The van der Waals surface area contributed by atoms with Gasteiger partial charge >= 0.3 is 5.97 Å². The Kier molecular flexibility index (Phi) is 3.14. The maximum atomic E-state index is 12.1. The van der Waals surface area contributed by atoms with Crippen molar-refractivity contribution in [3.8, 4) is 6.07 Å². The van der Waals surface area contributed by atoms with Crippen molar-refractivity contribution < 1.29 is 18.3 Å². The van der Waals surface area contributed by atoms with E-state index in [0.717, 1.165) is 12.8 Å². The molecule has 2 fully saturated rings. The summed E-state index contributed by atoms with van der Waals surface area (Å²) in [6, 6.07) is 2.05. The molecule has 0 atom stereocenters. The van der Waals surface area contributed by atoms with Crippen molar-refractivity contribution in [2.24, 2.45) is 10.8 Å². The zero-order chi connectivity index (χ0) is 13.4. The van der Waals surface area contributed by atoms with Crippen LogP contribution in [0.15, 0.2) is 0 Å². The van der Waals surface area contributed by atoms with Gasteiger partial charge in [0.15, 0.2) is 9.84 Å². The van der Waals surface area contributed by atoms with E-state index in [-0.39, 0.29) is 29.8 Å².